The average Bonchev–Trinajstić information content (AvgIpc) is 2.40. The van der Waals surface area contributed by atoms with Crippen LogP contribution in [0.1, 0.15) is 18.4 Å². The van der Waals surface area contributed by atoms with Gasteiger partial charge in [0.05, 0.1) is 6.61 Å². The molecular formula is C16H26N2O. The number of aryl methyl sites for hydroxylation is 1. The zero-order chi connectivity index (χ0) is 13.5. The second-order valence-electron chi connectivity index (χ2n) is 5.56. The van der Waals surface area contributed by atoms with E-state index in [1.807, 2.05) is 0 Å². The molecule has 2 rings (SSSR count). The van der Waals surface area contributed by atoms with E-state index in [2.05, 4.69) is 41.4 Å². The van der Waals surface area contributed by atoms with Gasteiger partial charge < -0.3 is 15.0 Å². The Morgan fingerprint density at radius 1 is 1.42 bits per heavy atom. The van der Waals surface area contributed by atoms with Gasteiger partial charge in [0.1, 0.15) is 0 Å². The van der Waals surface area contributed by atoms with E-state index >= 15 is 0 Å². The molecule has 106 valence electrons. The van der Waals surface area contributed by atoms with Crippen LogP contribution in [-0.4, -0.2) is 44.8 Å². The summed E-state index contributed by atoms with van der Waals surface area (Å²) in [6, 6.07) is 8.57. The molecule has 1 unspecified atom stereocenters. The smallest absolute Gasteiger partial charge is 0.0502 e. The van der Waals surface area contributed by atoms with Crippen molar-refractivity contribution in [2.45, 2.75) is 19.8 Å². The predicted molar refractivity (Wildman–Crippen MR) is 80.7 cm³/mol. The van der Waals surface area contributed by atoms with Gasteiger partial charge in [-0.1, -0.05) is 12.1 Å². The lowest BCUT2D eigenvalue weighted by Gasteiger charge is -2.32. The van der Waals surface area contributed by atoms with Crippen molar-refractivity contribution >= 4 is 5.69 Å². The van der Waals surface area contributed by atoms with E-state index < -0.39 is 0 Å². The molecule has 19 heavy (non-hydrogen) atoms. The third-order valence-corrected chi connectivity index (χ3v) is 3.78. The maximum absolute atomic E-state index is 5.27. The summed E-state index contributed by atoms with van der Waals surface area (Å²) >= 11 is 0. The molecule has 1 fully saturated rings. The van der Waals surface area contributed by atoms with E-state index in [1.165, 1.54) is 37.2 Å². The summed E-state index contributed by atoms with van der Waals surface area (Å²) in [6.45, 7) is 7.59. The van der Waals surface area contributed by atoms with Crippen molar-refractivity contribution in [2.24, 2.45) is 5.92 Å². The molecule has 1 N–H and O–H groups in total. The number of rotatable bonds is 6. The Morgan fingerprint density at radius 3 is 3.11 bits per heavy atom. The van der Waals surface area contributed by atoms with Crippen LogP contribution in [0.2, 0.25) is 0 Å². The number of anilines is 1. The van der Waals surface area contributed by atoms with Gasteiger partial charge in [-0.05, 0) is 49.9 Å². The molecule has 0 aromatic heterocycles. The van der Waals surface area contributed by atoms with Crippen molar-refractivity contribution in [1.29, 1.82) is 0 Å². The highest BCUT2D eigenvalue weighted by Gasteiger charge is 2.18. The number of benzene rings is 1. The van der Waals surface area contributed by atoms with Gasteiger partial charge in [0.15, 0.2) is 0 Å². The van der Waals surface area contributed by atoms with Gasteiger partial charge in [0, 0.05) is 32.4 Å². The fourth-order valence-corrected chi connectivity index (χ4v) is 2.84. The Labute approximate surface area is 116 Å². The molecule has 1 atom stereocenters. The van der Waals surface area contributed by atoms with Crippen LogP contribution in [0, 0.1) is 12.8 Å². The minimum atomic E-state index is 0.720. The molecule has 3 nitrogen and oxygen atoms in total. The fraction of sp³-hybridized carbons (Fsp3) is 0.625. The number of methoxy groups -OCH3 is 1. The van der Waals surface area contributed by atoms with Gasteiger partial charge in [-0.2, -0.15) is 0 Å². The standard InChI is InChI=1S/C16H26N2O/c1-14-5-3-7-16(11-14)17-8-10-18-9-4-6-15(12-18)13-19-2/h3,5,7,11,15,17H,4,6,8-10,12-13H2,1-2H3. The summed E-state index contributed by atoms with van der Waals surface area (Å²) in [5, 5.41) is 3.51. The van der Waals surface area contributed by atoms with Gasteiger partial charge in [0.25, 0.3) is 0 Å². The Bertz CT molecular complexity index is 379. The van der Waals surface area contributed by atoms with Crippen molar-refractivity contribution in [3.05, 3.63) is 29.8 Å². The van der Waals surface area contributed by atoms with Crippen LogP contribution < -0.4 is 5.32 Å². The van der Waals surface area contributed by atoms with E-state index in [1.54, 1.807) is 7.11 Å². The second kappa shape index (κ2) is 7.51. The molecule has 1 saturated heterocycles. The summed E-state index contributed by atoms with van der Waals surface area (Å²) in [5.41, 5.74) is 2.54. The third-order valence-electron chi connectivity index (χ3n) is 3.78. The van der Waals surface area contributed by atoms with Crippen LogP contribution in [0.4, 0.5) is 5.69 Å². The van der Waals surface area contributed by atoms with Gasteiger partial charge >= 0.3 is 0 Å². The number of nitrogens with one attached hydrogen (secondary N) is 1. The predicted octanol–water partition coefficient (Wildman–Crippen LogP) is 2.77. The Hall–Kier alpha value is -1.06. The third kappa shape index (κ3) is 4.84. The topological polar surface area (TPSA) is 24.5 Å². The first-order valence-electron chi connectivity index (χ1n) is 7.30. The lowest BCUT2D eigenvalue weighted by Crippen LogP contribution is -2.39. The summed E-state index contributed by atoms with van der Waals surface area (Å²) in [7, 11) is 1.80. The number of ether oxygens (including phenoxy) is 1. The summed E-state index contributed by atoms with van der Waals surface area (Å²) in [4.78, 5) is 2.55. The molecule has 0 spiro atoms. The zero-order valence-corrected chi connectivity index (χ0v) is 12.2. The number of likely N-dealkylation sites (tertiary alicyclic amines) is 1. The molecule has 0 bridgehead atoms. The van der Waals surface area contributed by atoms with E-state index in [9.17, 15) is 0 Å². The first-order valence-corrected chi connectivity index (χ1v) is 7.30. The maximum Gasteiger partial charge on any atom is 0.0502 e. The Balaban J connectivity index is 1.70. The van der Waals surface area contributed by atoms with E-state index in [0.29, 0.717) is 0 Å². The molecule has 1 aliphatic heterocycles. The summed E-state index contributed by atoms with van der Waals surface area (Å²) in [5.74, 6) is 0.720. The van der Waals surface area contributed by atoms with Gasteiger partial charge in [-0.15, -0.1) is 0 Å². The molecular weight excluding hydrogens is 236 g/mol. The highest BCUT2D eigenvalue weighted by Crippen LogP contribution is 2.16. The lowest BCUT2D eigenvalue weighted by atomic mass is 9.99. The van der Waals surface area contributed by atoms with Crippen LogP contribution in [0.3, 0.4) is 0 Å². The van der Waals surface area contributed by atoms with E-state index in [0.717, 1.165) is 25.6 Å². The number of piperidine rings is 1. The molecule has 1 heterocycles. The minimum Gasteiger partial charge on any atom is -0.384 e. The van der Waals surface area contributed by atoms with Crippen LogP contribution in [0.25, 0.3) is 0 Å². The van der Waals surface area contributed by atoms with Gasteiger partial charge in [-0.25, -0.2) is 0 Å². The summed E-state index contributed by atoms with van der Waals surface area (Å²) in [6.07, 6.45) is 2.62. The molecule has 1 aromatic rings. The molecule has 0 saturated carbocycles. The van der Waals surface area contributed by atoms with Crippen LogP contribution in [0.5, 0.6) is 0 Å². The van der Waals surface area contributed by atoms with E-state index in [-0.39, 0.29) is 0 Å². The Kier molecular flexibility index (Phi) is 5.67. The first-order chi connectivity index (χ1) is 9.28. The molecule has 3 heteroatoms. The minimum absolute atomic E-state index is 0.720. The molecule has 0 radical (unpaired) electrons. The van der Waals surface area contributed by atoms with Crippen molar-refractivity contribution in [2.75, 3.05) is 45.2 Å². The molecule has 0 aliphatic carbocycles. The number of hydrogen-bond acceptors (Lipinski definition) is 3. The lowest BCUT2D eigenvalue weighted by molar-refractivity contribution is 0.0926. The number of hydrogen-bond donors (Lipinski definition) is 1. The van der Waals surface area contributed by atoms with Gasteiger partial charge in [-0.3, -0.25) is 0 Å². The average molecular weight is 262 g/mol. The molecule has 1 aromatic carbocycles. The second-order valence-corrected chi connectivity index (χ2v) is 5.56. The first kappa shape index (κ1) is 14.4. The van der Waals surface area contributed by atoms with Crippen LogP contribution in [0.15, 0.2) is 24.3 Å². The van der Waals surface area contributed by atoms with Crippen molar-refractivity contribution in [3.63, 3.8) is 0 Å². The highest BCUT2D eigenvalue weighted by atomic mass is 16.5. The SMILES string of the molecule is COCC1CCCN(CCNc2cccc(C)c2)C1. The highest BCUT2D eigenvalue weighted by molar-refractivity contribution is 5.45. The van der Waals surface area contributed by atoms with Crippen LogP contribution in [-0.2, 0) is 4.74 Å². The fourth-order valence-electron chi connectivity index (χ4n) is 2.84. The summed E-state index contributed by atoms with van der Waals surface area (Å²) < 4.78 is 5.27. The van der Waals surface area contributed by atoms with Crippen LogP contribution >= 0.6 is 0 Å². The molecule has 1 aliphatic rings. The molecule has 0 amide bonds. The monoisotopic (exact) mass is 262 g/mol. The normalized spacial score (nSPS) is 20.4. The number of nitrogens with zero attached hydrogens (tertiary/aromatic N) is 1. The van der Waals surface area contributed by atoms with Crippen molar-refractivity contribution in [1.82, 2.24) is 4.90 Å². The van der Waals surface area contributed by atoms with Gasteiger partial charge in [0.2, 0.25) is 0 Å². The maximum atomic E-state index is 5.27. The quantitative estimate of drug-likeness (QED) is 0.853. The van der Waals surface area contributed by atoms with E-state index in [4.69, 9.17) is 4.74 Å². The van der Waals surface area contributed by atoms with Crippen molar-refractivity contribution < 1.29 is 4.74 Å². The van der Waals surface area contributed by atoms with Crippen molar-refractivity contribution in [3.8, 4) is 0 Å². The zero-order valence-electron chi connectivity index (χ0n) is 12.2. The Morgan fingerprint density at radius 2 is 2.32 bits per heavy atom. The largest absolute Gasteiger partial charge is 0.384 e.